The van der Waals surface area contributed by atoms with Gasteiger partial charge in [0.25, 0.3) is 0 Å². The molecule has 0 saturated carbocycles. The summed E-state index contributed by atoms with van der Waals surface area (Å²) in [5, 5.41) is 4.42. The predicted octanol–water partition coefficient (Wildman–Crippen LogP) is 3.59. The third-order valence-corrected chi connectivity index (χ3v) is 5.60. The number of anilines is 1. The quantitative estimate of drug-likeness (QED) is 0.680. The van der Waals surface area contributed by atoms with Crippen molar-refractivity contribution in [3.8, 4) is 0 Å². The van der Waals surface area contributed by atoms with Crippen LogP contribution in [0.2, 0.25) is 0 Å². The first kappa shape index (κ1) is 19.0. The zero-order valence-electron chi connectivity index (χ0n) is 14.7. The molecule has 0 atom stereocenters. The number of hydrogen-bond donors (Lipinski definition) is 2. The van der Waals surface area contributed by atoms with Crippen molar-refractivity contribution in [2.45, 2.75) is 18.2 Å². The molecule has 7 heteroatoms. The average Bonchev–Trinajstić information content (AvgIpc) is 2.63. The molecule has 0 bridgehead atoms. The fourth-order valence-electron chi connectivity index (χ4n) is 2.70. The van der Waals surface area contributed by atoms with Crippen LogP contribution in [0.25, 0.3) is 10.8 Å². The van der Waals surface area contributed by atoms with Crippen LogP contribution in [0.1, 0.15) is 12.0 Å². The van der Waals surface area contributed by atoms with E-state index in [9.17, 15) is 17.6 Å². The van der Waals surface area contributed by atoms with E-state index < -0.39 is 10.0 Å². The van der Waals surface area contributed by atoms with Gasteiger partial charge in [0, 0.05) is 18.7 Å². The topological polar surface area (TPSA) is 75.3 Å². The molecule has 0 radical (unpaired) electrons. The molecule has 0 saturated heterocycles. The molecule has 3 aromatic carbocycles. The molecule has 3 aromatic rings. The Balaban J connectivity index is 1.60. The fourth-order valence-corrected chi connectivity index (χ4v) is 3.76. The molecule has 1 amide bonds. The van der Waals surface area contributed by atoms with Gasteiger partial charge in [0.2, 0.25) is 15.9 Å². The number of aryl methyl sites for hydroxylation is 1. The van der Waals surface area contributed by atoms with E-state index in [1.54, 1.807) is 19.1 Å². The number of sulfonamides is 1. The maximum atomic E-state index is 13.1. The molecule has 3 rings (SSSR count). The maximum Gasteiger partial charge on any atom is 0.240 e. The Morgan fingerprint density at radius 2 is 1.74 bits per heavy atom. The SMILES string of the molecule is Cc1cc(F)ccc1NC(=O)CCNS(=O)(=O)c1ccc2ccccc2c1. The van der Waals surface area contributed by atoms with Crippen LogP contribution in [0.5, 0.6) is 0 Å². The van der Waals surface area contributed by atoms with Gasteiger partial charge in [-0.15, -0.1) is 0 Å². The Hall–Kier alpha value is -2.77. The highest BCUT2D eigenvalue weighted by Crippen LogP contribution is 2.19. The summed E-state index contributed by atoms with van der Waals surface area (Å²) in [5.74, 6) is -0.737. The molecular formula is C20H19FN2O3S. The summed E-state index contributed by atoms with van der Waals surface area (Å²) in [6, 6.07) is 16.4. The standard InChI is InChI=1S/C20H19FN2O3S/c1-14-12-17(21)7-9-19(14)23-20(24)10-11-22-27(25,26)18-8-6-15-4-2-3-5-16(15)13-18/h2-9,12-13,22H,10-11H2,1H3,(H,23,24). The van der Waals surface area contributed by atoms with Crippen LogP contribution >= 0.6 is 0 Å². The molecule has 0 aliphatic heterocycles. The first-order chi connectivity index (χ1) is 12.8. The second-order valence-corrected chi connectivity index (χ2v) is 7.93. The Labute approximate surface area is 157 Å². The number of amides is 1. The number of hydrogen-bond acceptors (Lipinski definition) is 3. The van der Waals surface area contributed by atoms with Crippen LogP contribution in [0.4, 0.5) is 10.1 Å². The lowest BCUT2D eigenvalue weighted by Gasteiger charge is -2.10. The predicted molar refractivity (Wildman–Crippen MR) is 104 cm³/mol. The van der Waals surface area contributed by atoms with E-state index in [4.69, 9.17) is 0 Å². The highest BCUT2D eigenvalue weighted by Gasteiger charge is 2.15. The molecule has 0 aliphatic rings. The van der Waals surface area contributed by atoms with E-state index >= 15 is 0 Å². The van der Waals surface area contributed by atoms with Crippen molar-refractivity contribution in [3.05, 3.63) is 72.0 Å². The van der Waals surface area contributed by atoms with Gasteiger partial charge in [-0.3, -0.25) is 4.79 Å². The highest BCUT2D eigenvalue weighted by atomic mass is 32.2. The third kappa shape index (κ3) is 4.69. The number of benzene rings is 3. The van der Waals surface area contributed by atoms with E-state index in [2.05, 4.69) is 10.0 Å². The number of rotatable bonds is 6. The van der Waals surface area contributed by atoms with Crippen molar-refractivity contribution in [2.24, 2.45) is 0 Å². The molecule has 0 spiro atoms. The van der Waals surface area contributed by atoms with Gasteiger partial charge in [0.05, 0.1) is 4.90 Å². The van der Waals surface area contributed by atoms with Crippen LogP contribution in [-0.2, 0) is 14.8 Å². The molecule has 2 N–H and O–H groups in total. The number of fused-ring (bicyclic) bond motifs is 1. The second-order valence-electron chi connectivity index (χ2n) is 6.16. The normalized spacial score (nSPS) is 11.5. The van der Waals surface area contributed by atoms with E-state index in [1.807, 2.05) is 24.3 Å². The van der Waals surface area contributed by atoms with Crippen molar-refractivity contribution in [2.75, 3.05) is 11.9 Å². The molecule has 5 nitrogen and oxygen atoms in total. The van der Waals surface area contributed by atoms with E-state index in [0.717, 1.165) is 10.8 Å². The Bertz CT molecular complexity index is 1100. The largest absolute Gasteiger partial charge is 0.326 e. The Morgan fingerprint density at radius 1 is 1.00 bits per heavy atom. The highest BCUT2D eigenvalue weighted by molar-refractivity contribution is 7.89. The minimum absolute atomic E-state index is 0.0381. The summed E-state index contributed by atoms with van der Waals surface area (Å²) in [7, 11) is -3.71. The second kappa shape index (κ2) is 7.85. The minimum atomic E-state index is -3.71. The van der Waals surface area contributed by atoms with Gasteiger partial charge in [-0.2, -0.15) is 0 Å². The molecule has 27 heavy (non-hydrogen) atoms. The molecule has 0 aromatic heterocycles. The number of nitrogens with one attached hydrogen (secondary N) is 2. The number of halogens is 1. The van der Waals surface area contributed by atoms with E-state index in [0.29, 0.717) is 11.3 Å². The molecule has 0 unspecified atom stereocenters. The Kier molecular flexibility index (Phi) is 5.53. The van der Waals surface area contributed by atoms with E-state index in [-0.39, 0.29) is 29.6 Å². The van der Waals surface area contributed by atoms with Gasteiger partial charge in [-0.25, -0.2) is 17.5 Å². The minimum Gasteiger partial charge on any atom is -0.326 e. The van der Waals surface area contributed by atoms with Gasteiger partial charge < -0.3 is 5.32 Å². The number of carbonyl (C=O) groups excluding carboxylic acids is 1. The monoisotopic (exact) mass is 386 g/mol. The molecule has 0 aliphatic carbocycles. The van der Waals surface area contributed by atoms with Crippen molar-refractivity contribution in [1.82, 2.24) is 4.72 Å². The maximum absolute atomic E-state index is 13.1. The lowest BCUT2D eigenvalue weighted by atomic mass is 10.1. The van der Waals surface area contributed by atoms with Gasteiger partial charge >= 0.3 is 0 Å². The molecule has 0 heterocycles. The number of carbonyl (C=O) groups is 1. The molecule has 0 fully saturated rings. The zero-order chi connectivity index (χ0) is 19.4. The molecule has 140 valence electrons. The first-order valence-corrected chi connectivity index (χ1v) is 9.88. The third-order valence-electron chi connectivity index (χ3n) is 4.14. The summed E-state index contributed by atoms with van der Waals surface area (Å²) in [4.78, 5) is 12.2. The van der Waals surface area contributed by atoms with Crippen LogP contribution < -0.4 is 10.0 Å². The first-order valence-electron chi connectivity index (χ1n) is 8.40. The lowest BCUT2D eigenvalue weighted by molar-refractivity contribution is -0.116. The molecular weight excluding hydrogens is 367 g/mol. The summed E-state index contributed by atoms with van der Waals surface area (Å²) in [5.41, 5.74) is 1.10. The summed E-state index contributed by atoms with van der Waals surface area (Å²) < 4.78 is 40.4. The summed E-state index contributed by atoms with van der Waals surface area (Å²) in [6.07, 6.45) is -0.0381. The Morgan fingerprint density at radius 3 is 2.48 bits per heavy atom. The van der Waals surface area contributed by atoms with Crippen molar-refractivity contribution >= 4 is 32.4 Å². The van der Waals surface area contributed by atoms with E-state index in [1.165, 1.54) is 24.3 Å². The van der Waals surface area contributed by atoms with Crippen molar-refractivity contribution in [3.63, 3.8) is 0 Å². The fraction of sp³-hybridized carbons (Fsp3) is 0.150. The van der Waals surface area contributed by atoms with Crippen LogP contribution in [0, 0.1) is 12.7 Å². The van der Waals surface area contributed by atoms with Gasteiger partial charge in [0.1, 0.15) is 5.82 Å². The average molecular weight is 386 g/mol. The summed E-state index contributed by atoms with van der Waals surface area (Å²) >= 11 is 0. The smallest absolute Gasteiger partial charge is 0.240 e. The van der Waals surface area contributed by atoms with Crippen molar-refractivity contribution in [1.29, 1.82) is 0 Å². The zero-order valence-corrected chi connectivity index (χ0v) is 15.5. The van der Waals surface area contributed by atoms with Crippen LogP contribution in [0.3, 0.4) is 0 Å². The van der Waals surface area contributed by atoms with Crippen molar-refractivity contribution < 1.29 is 17.6 Å². The van der Waals surface area contributed by atoms with Gasteiger partial charge in [-0.1, -0.05) is 30.3 Å². The van der Waals surface area contributed by atoms with Crippen LogP contribution in [-0.4, -0.2) is 20.9 Å². The van der Waals surface area contributed by atoms with Crippen LogP contribution in [0.15, 0.2) is 65.6 Å². The lowest BCUT2D eigenvalue weighted by Crippen LogP contribution is -2.28. The summed E-state index contributed by atoms with van der Waals surface area (Å²) in [6.45, 7) is 1.64. The van der Waals surface area contributed by atoms with Gasteiger partial charge in [-0.05, 0) is 53.6 Å². The van der Waals surface area contributed by atoms with Gasteiger partial charge in [0.15, 0.2) is 0 Å².